The highest BCUT2D eigenvalue weighted by atomic mass is 32.1. The van der Waals surface area contributed by atoms with Gasteiger partial charge in [0.25, 0.3) is 0 Å². The summed E-state index contributed by atoms with van der Waals surface area (Å²) in [5.41, 5.74) is 6.30. The largest absolute Gasteiger partial charge is 0.348 e. The highest BCUT2D eigenvalue weighted by molar-refractivity contribution is 7.19. The summed E-state index contributed by atoms with van der Waals surface area (Å²) >= 11 is 1.67. The van der Waals surface area contributed by atoms with Gasteiger partial charge in [-0.2, -0.15) is 5.10 Å². The van der Waals surface area contributed by atoms with Crippen LogP contribution in [0.4, 0.5) is 5.13 Å². The van der Waals surface area contributed by atoms with Gasteiger partial charge >= 0.3 is 0 Å². The van der Waals surface area contributed by atoms with Crippen LogP contribution in [0.5, 0.6) is 0 Å². The zero-order valence-corrected chi connectivity index (χ0v) is 19.5. The van der Waals surface area contributed by atoms with Crippen LogP contribution in [0, 0.1) is 20.8 Å². The van der Waals surface area contributed by atoms with Gasteiger partial charge in [-0.15, -0.1) is 0 Å². The lowest BCUT2D eigenvalue weighted by Crippen LogP contribution is -2.29. The average molecular weight is 430 g/mol. The van der Waals surface area contributed by atoms with E-state index in [4.69, 9.17) is 24.5 Å². The van der Waals surface area contributed by atoms with Crippen molar-refractivity contribution in [3.8, 4) is 10.6 Å². The Morgan fingerprint density at radius 3 is 2.50 bits per heavy atom. The first kappa shape index (κ1) is 21.2. The Bertz CT molecular complexity index is 1030. The van der Waals surface area contributed by atoms with Crippen LogP contribution in [0.1, 0.15) is 55.3 Å². The van der Waals surface area contributed by atoms with Crippen molar-refractivity contribution in [1.82, 2.24) is 19.6 Å². The van der Waals surface area contributed by atoms with Gasteiger partial charge in [-0.05, 0) is 45.6 Å². The molecule has 7 nitrogen and oxygen atoms in total. The molecule has 162 valence electrons. The number of aromatic nitrogens is 4. The van der Waals surface area contributed by atoms with Gasteiger partial charge in [-0.25, -0.2) is 14.5 Å². The van der Waals surface area contributed by atoms with Crippen LogP contribution in [0.25, 0.3) is 16.2 Å². The minimum atomic E-state index is -0.188. The summed E-state index contributed by atoms with van der Waals surface area (Å²) in [5.74, 6) is 0.486. The SMILES string of the molecule is CCC(CC)c1cc(C)nn2c(-c3sc(N(C)CC4OCCO4)nc3C)c(C)nc12. The lowest BCUT2D eigenvalue weighted by atomic mass is 9.95. The topological polar surface area (TPSA) is 64.8 Å². The van der Waals surface area contributed by atoms with Crippen molar-refractivity contribution in [2.45, 2.75) is 59.7 Å². The molecular weight excluding hydrogens is 398 g/mol. The molecule has 3 aromatic heterocycles. The predicted molar refractivity (Wildman–Crippen MR) is 121 cm³/mol. The molecule has 3 aromatic rings. The van der Waals surface area contributed by atoms with Crippen molar-refractivity contribution in [3.63, 3.8) is 0 Å². The van der Waals surface area contributed by atoms with E-state index >= 15 is 0 Å². The first-order valence-corrected chi connectivity index (χ1v) is 11.5. The van der Waals surface area contributed by atoms with E-state index in [-0.39, 0.29) is 6.29 Å². The lowest BCUT2D eigenvalue weighted by molar-refractivity contribution is -0.0336. The van der Waals surface area contributed by atoms with E-state index in [9.17, 15) is 0 Å². The summed E-state index contributed by atoms with van der Waals surface area (Å²) < 4.78 is 13.2. The van der Waals surface area contributed by atoms with Gasteiger partial charge in [0, 0.05) is 12.6 Å². The molecule has 4 heterocycles. The predicted octanol–water partition coefficient (Wildman–Crippen LogP) is 4.49. The normalized spacial score (nSPS) is 15.0. The van der Waals surface area contributed by atoms with E-state index in [0.717, 1.165) is 51.3 Å². The Kier molecular flexibility index (Phi) is 6.09. The third-order valence-electron chi connectivity index (χ3n) is 5.78. The minimum absolute atomic E-state index is 0.188. The molecule has 30 heavy (non-hydrogen) atoms. The average Bonchev–Trinajstić information content (AvgIpc) is 3.42. The number of thiazole rings is 1. The maximum absolute atomic E-state index is 5.59. The molecule has 0 spiro atoms. The van der Waals surface area contributed by atoms with Crippen molar-refractivity contribution < 1.29 is 9.47 Å². The van der Waals surface area contributed by atoms with Crippen LogP contribution in [0.15, 0.2) is 6.07 Å². The smallest absolute Gasteiger partial charge is 0.186 e. The molecule has 1 aliphatic rings. The van der Waals surface area contributed by atoms with Crippen molar-refractivity contribution in [2.24, 2.45) is 0 Å². The number of anilines is 1. The Labute approximate surface area is 182 Å². The molecule has 0 amide bonds. The maximum atomic E-state index is 5.59. The summed E-state index contributed by atoms with van der Waals surface area (Å²) in [7, 11) is 2.03. The first-order chi connectivity index (χ1) is 14.4. The van der Waals surface area contributed by atoms with E-state index in [1.54, 1.807) is 11.3 Å². The number of aryl methyl sites for hydroxylation is 3. The third-order valence-corrected chi connectivity index (χ3v) is 7.05. The second-order valence-corrected chi connectivity index (χ2v) is 8.98. The van der Waals surface area contributed by atoms with Crippen LogP contribution in [0.3, 0.4) is 0 Å². The summed E-state index contributed by atoms with van der Waals surface area (Å²) in [6, 6.07) is 2.20. The van der Waals surface area contributed by atoms with Crippen LogP contribution >= 0.6 is 11.3 Å². The molecular formula is C22H31N5O2S. The van der Waals surface area contributed by atoms with E-state index in [0.29, 0.717) is 25.7 Å². The maximum Gasteiger partial charge on any atom is 0.186 e. The second-order valence-electron chi connectivity index (χ2n) is 8.00. The molecule has 0 unspecified atom stereocenters. The highest BCUT2D eigenvalue weighted by Crippen LogP contribution is 2.38. The van der Waals surface area contributed by atoms with E-state index in [1.807, 2.05) is 11.6 Å². The van der Waals surface area contributed by atoms with Gasteiger partial charge in [0.1, 0.15) is 5.69 Å². The Hall–Kier alpha value is -2.03. The minimum Gasteiger partial charge on any atom is -0.348 e. The van der Waals surface area contributed by atoms with Crippen LogP contribution in [-0.4, -0.2) is 52.7 Å². The molecule has 0 N–H and O–H groups in total. The number of likely N-dealkylation sites (N-methyl/N-ethyl adjacent to an activating group) is 1. The molecule has 0 bridgehead atoms. The van der Waals surface area contributed by atoms with Crippen LogP contribution < -0.4 is 4.90 Å². The fourth-order valence-electron chi connectivity index (χ4n) is 4.15. The Morgan fingerprint density at radius 2 is 1.83 bits per heavy atom. The molecule has 1 aliphatic heterocycles. The summed E-state index contributed by atoms with van der Waals surface area (Å²) in [4.78, 5) is 13.0. The van der Waals surface area contributed by atoms with Crippen LogP contribution in [0.2, 0.25) is 0 Å². The highest BCUT2D eigenvalue weighted by Gasteiger charge is 2.24. The van der Waals surface area contributed by atoms with E-state index in [2.05, 4.69) is 45.6 Å². The number of imidazole rings is 1. The molecule has 1 fully saturated rings. The van der Waals surface area contributed by atoms with Crippen molar-refractivity contribution in [1.29, 1.82) is 0 Å². The lowest BCUT2D eigenvalue weighted by Gasteiger charge is -2.19. The standard InChI is InChI=1S/C22H31N5O2S/c1-7-16(8-2)17-11-13(3)25-27-19(14(4)23-21(17)27)20-15(5)24-22(30-20)26(6)12-18-28-9-10-29-18/h11,16,18H,7-10,12H2,1-6H3. The fraction of sp³-hybridized carbons (Fsp3) is 0.591. The fourth-order valence-corrected chi connectivity index (χ4v) is 5.27. The molecule has 8 heteroatoms. The van der Waals surface area contributed by atoms with Gasteiger partial charge in [-0.1, -0.05) is 25.2 Å². The number of hydrogen-bond donors (Lipinski definition) is 0. The number of fused-ring (bicyclic) bond motifs is 1. The Morgan fingerprint density at radius 1 is 1.13 bits per heavy atom. The summed E-state index contributed by atoms with van der Waals surface area (Å²) in [5, 5.41) is 5.79. The molecule has 1 saturated heterocycles. The quantitative estimate of drug-likeness (QED) is 0.551. The number of hydrogen-bond acceptors (Lipinski definition) is 7. The molecule has 0 aliphatic carbocycles. The van der Waals surface area contributed by atoms with Gasteiger partial charge in [0.15, 0.2) is 17.1 Å². The number of ether oxygens (including phenoxy) is 2. The van der Waals surface area contributed by atoms with Gasteiger partial charge in [0.2, 0.25) is 0 Å². The zero-order chi connectivity index (χ0) is 21.4. The van der Waals surface area contributed by atoms with Gasteiger partial charge in [-0.3, -0.25) is 0 Å². The monoisotopic (exact) mass is 429 g/mol. The molecule has 0 aromatic carbocycles. The van der Waals surface area contributed by atoms with Crippen molar-refractivity contribution in [2.75, 3.05) is 31.7 Å². The van der Waals surface area contributed by atoms with E-state index < -0.39 is 0 Å². The van der Waals surface area contributed by atoms with E-state index in [1.165, 1.54) is 5.56 Å². The third kappa shape index (κ3) is 3.84. The van der Waals surface area contributed by atoms with Crippen molar-refractivity contribution in [3.05, 3.63) is 28.7 Å². The van der Waals surface area contributed by atoms with Gasteiger partial charge < -0.3 is 14.4 Å². The second kappa shape index (κ2) is 8.61. The first-order valence-electron chi connectivity index (χ1n) is 10.7. The number of nitrogens with zero attached hydrogens (tertiary/aromatic N) is 5. The molecule has 0 radical (unpaired) electrons. The van der Waals surface area contributed by atoms with Gasteiger partial charge in [0.05, 0.1) is 41.7 Å². The summed E-state index contributed by atoms with van der Waals surface area (Å²) in [6.45, 7) is 12.6. The Balaban J connectivity index is 1.76. The number of rotatable bonds is 7. The molecule has 4 rings (SSSR count). The zero-order valence-electron chi connectivity index (χ0n) is 18.7. The molecule has 0 saturated carbocycles. The van der Waals surface area contributed by atoms with Crippen molar-refractivity contribution >= 4 is 22.1 Å². The summed E-state index contributed by atoms with van der Waals surface area (Å²) in [6.07, 6.45) is 2.00. The molecule has 0 atom stereocenters. The van der Waals surface area contributed by atoms with Crippen LogP contribution in [-0.2, 0) is 9.47 Å².